The fraction of sp³-hybridized carbons (Fsp3) is 0.368. The van der Waals surface area contributed by atoms with Crippen LogP contribution >= 0.6 is 0 Å². The smallest absolute Gasteiger partial charge is 0.351 e. The standard InChI is InChI=1S/C19H24N4O6/c1-28-13-9-11(4-5-12(13)24)3-2-7-21-10-14-16(25)17(26)18(29-14)23-8-6-15(20)22-19(23)27/h2-6,8-9,14,16-18,21,24-26H,7,10H2,1H3,(H2,20,22,27)/b3-2+/t14-,16-,17-,18-/m1/s1. The van der Waals surface area contributed by atoms with Crippen LogP contribution < -0.4 is 21.5 Å². The Morgan fingerprint density at radius 1 is 1.34 bits per heavy atom. The third-order valence-electron chi connectivity index (χ3n) is 4.58. The van der Waals surface area contributed by atoms with Gasteiger partial charge in [-0.2, -0.15) is 4.98 Å². The van der Waals surface area contributed by atoms with Gasteiger partial charge < -0.3 is 35.8 Å². The maximum absolute atomic E-state index is 11.9. The molecule has 1 aliphatic rings. The van der Waals surface area contributed by atoms with Crippen LogP contribution in [-0.2, 0) is 4.74 Å². The molecule has 1 fully saturated rings. The summed E-state index contributed by atoms with van der Waals surface area (Å²) in [5, 5.41) is 33.1. The zero-order valence-electron chi connectivity index (χ0n) is 15.8. The largest absolute Gasteiger partial charge is 0.504 e. The van der Waals surface area contributed by atoms with Crippen LogP contribution in [0.15, 0.2) is 41.3 Å². The molecule has 2 heterocycles. The van der Waals surface area contributed by atoms with E-state index in [0.29, 0.717) is 12.3 Å². The van der Waals surface area contributed by atoms with Crippen LogP contribution in [0.3, 0.4) is 0 Å². The Balaban J connectivity index is 1.54. The second-order valence-corrected chi connectivity index (χ2v) is 6.58. The summed E-state index contributed by atoms with van der Waals surface area (Å²) in [5.41, 5.74) is 5.65. The Morgan fingerprint density at radius 3 is 2.86 bits per heavy atom. The fourth-order valence-electron chi connectivity index (χ4n) is 3.05. The number of rotatable bonds is 7. The van der Waals surface area contributed by atoms with E-state index in [1.54, 1.807) is 18.2 Å². The highest BCUT2D eigenvalue weighted by Gasteiger charge is 2.43. The molecular weight excluding hydrogens is 380 g/mol. The number of methoxy groups -OCH3 is 1. The van der Waals surface area contributed by atoms with Gasteiger partial charge in [-0.3, -0.25) is 4.57 Å². The van der Waals surface area contributed by atoms with Crippen molar-refractivity contribution in [3.8, 4) is 11.5 Å². The molecule has 0 saturated carbocycles. The molecule has 0 amide bonds. The Bertz CT molecular complexity index is 931. The highest BCUT2D eigenvalue weighted by molar-refractivity contribution is 5.55. The lowest BCUT2D eigenvalue weighted by molar-refractivity contribution is -0.0388. The van der Waals surface area contributed by atoms with Gasteiger partial charge in [0.1, 0.15) is 24.1 Å². The molecular formula is C19H24N4O6. The lowest BCUT2D eigenvalue weighted by Gasteiger charge is -2.16. The van der Waals surface area contributed by atoms with Crippen molar-refractivity contribution < 1.29 is 24.8 Å². The highest BCUT2D eigenvalue weighted by atomic mass is 16.6. The first kappa shape index (κ1) is 20.8. The maximum Gasteiger partial charge on any atom is 0.351 e. The van der Waals surface area contributed by atoms with Crippen LogP contribution in [0.2, 0.25) is 0 Å². The van der Waals surface area contributed by atoms with E-state index in [0.717, 1.165) is 10.1 Å². The number of ether oxygens (including phenoxy) is 2. The van der Waals surface area contributed by atoms with Crippen LogP contribution in [-0.4, -0.2) is 63.4 Å². The number of nitrogens with zero attached hydrogens (tertiary/aromatic N) is 2. The second-order valence-electron chi connectivity index (χ2n) is 6.58. The minimum absolute atomic E-state index is 0.0653. The van der Waals surface area contributed by atoms with E-state index in [9.17, 15) is 20.1 Å². The number of aliphatic hydroxyl groups excluding tert-OH is 2. The molecule has 0 bridgehead atoms. The van der Waals surface area contributed by atoms with Crippen molar-refractivity contribution in [2.75, 3.05) is 25.9 Å². The number of aliphatic hydroxyl groups is 2. The van der Waals surface area contributed by atoms with E-state index in [2.05, 4.69) is 10.3 Å². The molecule has 0 aliphatic carbocycles. The Kier molecular flexibility index (Phi) is 6.49. The van der Waals surface area contributed by atoms with Crippen molar-refractivity contribution >= 4 is 11.9 Å². The number of benzene rings is 1. The molecule has 2 aromatic rings. The molecule has 156 valence electrons. The fourth-order valence-corrected chi connectivity index (χ4v) is 3.05. The maximum atomic E-state index is 11.9. The Labute approximate surface area is 166 Å². The van der Waals surface area contributed by atoms with E-state index in [1.807, 2.05) is 12.2 Å². The van der Waals surface area contributed by atoms with E-state index in [-0.39, 0.29) is 18.1 Å². The first-order valence-corrected chi connectivity index (χ1v) is 9.01. The van der Waals surface area contributed by atoms with Crippen molar-refractivity contribution in [3.05, 3.63) is 52.6 Å². The van der Waals surface area contributed by atoms with Crippen LogP contribution in [0.5, 0.6) is 11.5 Å². The van der Waals surface area contributed by atoms with Gasteiger partial charge in [-0.25, -0.2) is 4.79 Å². The molecule has 1 aromatic carbocycles. The summed E-state index contributed by atoms with van der Waals surface area (Å²) in [6.45, 7) is 0.731. The molecule has 0 unspecified atom stereocenters. The number of phenols is 1. The summed E-state index contributed by atoms with van der Waals surface area (Å²) >= 11 is 0. The summed E-state index contributed by atoms with van der Waals surface area (Å²) in [6.07, 6.45) is 0.884. The first-order chi connectivity index (χ1) is 13.9. The molecule has 29 heavy (non-hydrogen) atoms. The average Bonchev–Trinajstić information content (AvgIpc) is 2.97. The van der Waals surface area contributed by atoms with Crippen molar-refractivity contribution in [1.29, 1.82) is 0 Å². The third-order valence-corrected chi connectivity index (χ3v) is 4.58. The predicted octanol–water partition coefficient (Wildman–Crippen LogP) is -0.538. The molecule has 10 heteroatoms. The molecule has 10 nitrogen and oxygen atoms in total. The lowest BCUT2D eigenvalue weighted by atomic mass is 10.1. The van der Waals surface area contributed by atoms with Crippen molar-refractivity contribution in [1.82, 2.24) is 14.9 Å². The molecule has 1 aliphatic heterocycles. The first-order valence-electron chi connectivity index (χ1n) is 9.01. The second kappa shape index (κ2) is 9.05. The van der Waals surface area contributed by atoms with Crippen molar-refractivity contribution in [2.24, 2.45) is 0 Å². The Hall–Kier alpha value is -2.92. The quantitative estimate of drug-likeness (QED) is 0.383. The van der Waals surface area contributed by atoms with Gasteiger partial charge in [0.2, 0.25) is 0 Å². The van der Waals surface area contributed by atoms with Gasteiger partial charge in [-0.1, -0.05) is 18.2 Å². The van der Waals surface area contributed by atoms with Crippen LogP contribution in [0, 0.1) is 0 Å². The summed E-state index contributed by atoms with van der Waals surface area (Å²) in [4.78, 5) is 15.5. The van der Waals surface area contributed by atoms with Crippen molar-refractivity contribution in [3.63, 3.8) is 0 Å². The molecule has 1 aromatic heterocycles. The third kappa shape index (κ3) is 4.74. The summed E-state index contributed by atoms with van der Waals surface area (Å²) in [6, 6.07) is 6.41. The van der Waals surface area contributed by atoms with Gasteiger partial charge in [0.05, 0.1) is 7.11 Å². The number of nitrogens with two attached hydrogens (primary N) is 1. The molecule has 0 radical (unpaired) electrons. The van der Waals surface area contributed by atoms with Crippen LogP contribution in [0.4, 0.5) is 5.82 Å². The summed E-state index contributed by atoms with van der Waals surface area (Å²) in [7, 11) is 1.48. The number of phenolic OH excluding ortho intramolecular Hbond substituents is 1. The van der Waals surface area contributed by atoms with Gasteiger partial charge in [0.15, 0.2) is 17.7 Å². The number of aromatic nitrogens is 2. The monoisotopic (exact) mass is 404 g/mol. The van der Waals surface area contributed by atoms with Gasteiger partial charge in [-0.15, -0.1) is 0 Å². The number of anilines is 1. The zero-order chi connectivity index (χ0) is 21.0. The van der Waals surface area contributed by atoms with E-state index in [1.165, 1.54) is 19.4 Å². The van der Waals surface area contributed by atoms with Gasteiger partial charge in [0, 0.05) is 19.3 Å². The van der Waals surface area contributed by atoms with Crippen LogP contribution in [0.25, 0.3) is 6.08 Å². The highest BCUT2D eigenvalue weighted by Crippen LogP contribution is 2.28. The molecule has 0 spiro atoms. The number of hydrogen-bond donors (Lipinski definition) is 5. The van der Waals surface area contributed by atoms with E-state index in [4.69, 9.17) is 15.2 Å². The Morgan fingerprint density at radius 2 is 2.14 bits per heavy atom. The molecule has 6 N–H and O–H groups in total. The average molecular weight is 404 g/mol. The van der Waals surface area contributed by atoms with Gasteiger partial charge >= 0.3 is 5.69 Å². The number of nitrogens with one attached hydrogen (secondary N) is 1. The SMILES string of the molecule is COc1cc(/C=C/CNC[C@H]2O[C@@H](n3ccc(N)nc3=O)[C@H](O)[C@@H]2O)ccc1O. The minimum Gasteiger partial charge on any atom is -0.504 e. The zero-order valence-corrected chi connectivity index (χ0v) is 15.8. The van der Waals surface area contributed by atoms with Gasteiger partial charge in [0.25, 0.3) is 0 Å². The van der Waals surface area contributed by atoms with Crippen molar-refractivity contribution in [2.45, 2.75) is 24.5 Å². The predicted molar refractivity (Wildman–Crippen MR) is 105 cm³/mol. The van der Waals surface area contributed by atoms with Crippen LogP contribution in [0.1, 0.15) is 11.8 Å². The summed E-state index contributed by atoms with van der Waals surface area (Å²) < 4.78 is 11.8. The number of hydrogen-bond acceptors (Lipinski definition) is 9. The lowest BCUT2D eigenvalue weighted by Crippen LogP contribution is -2.38. The number of aromatic hydroxyl groups is 1. The van der Waals surface area contributed by atoms with E-state index >= 15 is 0 Å². The molecule has 4 atom stereocenters. The minimum atomic E-state index is -1.27. The normalized spacial score (nSPS) is 24.2. The number of nitrogen functional groups attached to an aromatic ring is 1. The van der Waals surface area contributed by atoms with E-state index < -0.39 is 30.2 Å². The van der Waals surface area contributed by atoms with Gasteiger partial charge in [-0.05, 0) is 23.8 Å². The molecule has 1 saturated heterocycles. The molecule has 3 rings (SSSR count). The summed E-state index contributed by atoms with van der Waals surface area (Å²) in [5.74, 6) is 0.518. The topological polar surface area (TPSA) is 152 Å².